The number of nitrogens with zero attached hydrogens (tertiary/aromatic N) is 1. The number of halogens is 3. The molecule has 0 amide bonds. The molecule has 162 valence electrons. The van der Waals surface area contributed by atoms with Crippen LogP contribution in [0.3, 0.4) is 0 Å². The van der Waals surface area contributed by atoms with Gasteiger partial charge in [0.2, 0.25) is 0 Å². The van der Waals surface area contributed by atoms with Crippen LogP contribution in [-0.2, 0) is 18.0 Å². The number of methoxy groups -OCH3 is 2. The Kier molecular flexibility index (Phi) is 5.12. The lowest BCUT2D eigenvalue weighted by molar-refractivity contribution is -0.137. The number of benzene rings is 2. The first-order valence-electron chi connectivity index (χ1n) is 10.1. The largest absolute Gasteiger partial charge is 0.504 e. The van der Waals surface area contributed by atoms with Crippen LogP contribution in [0.15, 0.2) is 30.3 Å². The monoisotopic (exact) mass is 421 g/mol. The second-order valence-electron chi connectivity index (χ2n) is 8.28. The van der Waals surface area contributed by atoms with Gasteiger partial charge in [-0.1, -0.05) is 12.5 Å². The third-order valence-corrected chi connectivity index (χ3v) is 6.74. The van der Waals surface area contributed by atoms with E-state index >= 15 is 0 Å². The standard InChI is InChI=1S/C23H26F3NO3/c1-27-10-7-14-11-20(30-3)18(28)13-16(14)21(27)22(8-4-9-22)17-6-5-15(23(24,25)26)12-19(17)29-2/h5-6,11-13,21,28H,4,7-10H2,1-3H3. The number of likely N-dealkylation sites (N-methyl/N-ethyl adjacent to an activating group) is 1. The van der Waals surface area contributed by atoms with E-state index in [0.29, 0.717) is 5.75 Å². The predicted molar refractivity (Wildman–Crippen MR) is 107 cm³/mol. The van der Waals surface area contributed by atoms with E-state index < -0.39 is 11.7 Å². The summed E-state index contributed by atoms with van der Waals surface area (Å²) in [6, 6.07) is 7.38. The quantitative estimate of drug-likeness (QED) is 0.748. The lowest BCUT2D eigenvalue weighted by atomic mass is 9.57. The summed E-state index contributed by atoms with van der Waals surface area (Å²) in [6.07, 6.45) is -0.924. The van der Waals surface area contributed by atoms with Crippen molar-refractivity contribution < 1.29 is 27.8 Å². The summed E-state index contributed by atoms with van der Waals surface area (Å²) in [6.45, 7) is 0.816. The fourth-order valence-corrected chi connectivity index (χ4v) is 5.17. The summed E-state index contributed by atoms with van der Waals surface area (Å²) in [5.74, 6) is 0.778. The first-order valence-corrected chi connectivity index (χ1v) is 10.1. The number of aromatic hydroxyl groups is 1. The van der Waals surface area contributed by atoms with E-state index in [0.717, 1.165) is 61.1 Å². The predicted octanol–water partition coefficient (Wildman–Crippen LogP) is 5.08. The molecule has 1 aliphatic carbocycles. The summed E-state index contributed by atoms with van der Waals surface area (Å²) in [5, 5.41) is 10.4. The van der Waals surface area contributed by atoms with E-state index in [1.165, 1.54) is 14.2 Å². The van der Waals surface area contributed by atoms with E-state index in [1.54, 1.807) is 12.1 Å². The van der Waals surface area contributed by atoms with E-state index in [1.807, 2.05) is 13.1 Å². The molecule has 1 fully saturated rings. The summed E-state index contributed by atoms with van der Waals surface area (Å²) >= 11 is 0. The van der Waals surface area contributed by atoms with Crippen LogP contribution in [0.25, 0.3) is 0 Å². The molecule has 0 aromatic heterocycles. The van der Waals surface area contributed by atoms with Crippen molar-refractivity contribution in [3.63, 3.8) is 0 Å². The molecule has 4 rings (SSSR count). The van der Waals surface area contributed by atoms with Crippen LogP contribution in [0.2, 0.25) is 0 Å². The lowest BCUT2D eigenvalue weighted by Gasteiger charge is -2.54. The molecule has 1 heterocycles. The minimum absolute atomic E-state index is 0.0718. The van der Waals surface area contributed by atoms with Gasteiger partial charge in [0.1, 0.15) is 5.75 Å². The van der Waals surface area contributed by atoms with Crippen molar-refractivity contribution in [2.24, 2.45) is 0 Å². The Hall–Kier alpha value is -2.41. The van der Waals surface area contributed by atoms with Gasteiger partial charge in [0.05, 0.1) is 19.8 Å². The van der Waals surface area contributed by atoms with Crippen molar-refractivity contribution in [2.75, 3.05) is 27.8 Å². The summed E-state index contributed by atoms with van der Waals surface area (Å²) in [7, 11) is 4.97. The first kappa shape index (κ1) is 20.8. The average Bonchev–Trinajstić information content (AvgIpc) is 2.67. The van der Waals surface area contributed by atoms with Crippen LogP contribution in [0, 0.1) is 0 Å². The van der Waals surface area contributed by atoms with Gasteiger partial charge in [-0.05, 0) is 61.7 Å². The second kappa shape index (κ2) is 7.38. The van der Waals surface area contributed by atoms with Crippen LogP contribution >= 0.6 is 0 Å². The number of phenols is 1. The third-order valence-electron chi connectivity index (χ3n) is 6.74. The molecular formula is C23H26F3NO3. The molecule has 0 bridgehead atoms. The molecule has 2 aliphatic rings. The highest BCUT2D eigenvalue weighted by molar-refractivity contribution is 5.53. The Morgan fingerprint density at radius 3 is 2.33 bits per heavy atom. The van der Waals surface area contributed by atoms with Gasteiger partial charge in [0.15, 0.2) is 11.5 Å². The molecule has 1 saturated carbocycles. The molecule has 0 spiro atoms. The summed E-state index contributed by atoms with van der Waals surface area (Å²) in [5.41, 5.74) is 1.82. The molecule has 1 atom stereocenters. The molecule has 1 N–H and O–H groups in total. The Balaban J connectivity index is 1.86. The Labute approximate surface area is 174 Å². The molecule has 4 nitrogen and oxygen atoms in total. The zero-order chi connectivity index (χ0) is 21.7. The van der Waals surface area contributed by atoms with Crippen molar-refractivity contribution in [2.45, 2.75) is 43.3 Å². The molecule has 0 saturated heterocycles. The average molecular weight is 421 g/mol. The zero-order valence-electron chi connectivity index (χ0n) is 17.3. The van der Waals surface area contributed by atoms with E-state index in [9.17, 15) is 18.3 Å². The van der Waals surface area contributed by atoms with Crippen molar-refractivity contribution in [3.8, 4) is 17.2 Å². The van der Waals surface area contributed by atoms with Crippen LogP contribution in [0.5, 0.6) is 17.2 Å². The van der Waals surface area contributed by atoms with E-state index in [4.69, 9.17) is 9.47 Å². The number of hydrogen-bond donors (Lipinski definition) is 1. The van der Waals surface area contributed by atoms with Gasteiger partial charge in [0.25, 0.3) is 0 Å². The van der Waals surface area contributed by atoms with Crippen LogP contribution in [0.4, 0.5) is 13.2 Å². The van der Waals surface area contributed by atoms with Gasteiger partial charge in [0, 0.05) is 23.6 Å². The van der Waals surface area contributed by atoms with Gasteiger partial charge >= 0.3 is 6.18 Å². The molecule has 2 aromatic rings. The number of fused-ring (bicyclic) bond motifs is 1. The Morgan fingerprint density at radius 1 is 1.07 bits per heavy atom. The van der Waals surface area contributed by atoms with Crippen molar-refractivity contribution >= 4 is 0 Å². The maximum absolute atomic E-state index is 13.3. The summed E-state index contributed by atoms with van der Waals surface area (Å²) < 4.78 is 50.5. The van der Waals surface area contributed by atoms with Gasteiger partial charge in [-0.25, -0.2) is 0 Å². The number of phenolic OH excluding ortho intramolecular Hbond substituents is 1. The zero-order valence-corrected chi connectivity index (χ0v) is 17.3. The first-order chi connectivity index (χ1) is 14.2. The third kappa shape index (κ3) is 3.20. The van der Waals surface area contributed by atoms with E-state index in [2.05, 4.69) is 4.90 Å². The number of hydrogen-bond acceptors (Lipinski definition) is 4. The maximum atomic E-state index is 13.3. The molecule has 2 aromatic carbocycles. The van der Waals surface area contributed by atoms with Crippen molar-refractivity contribution in [1.82, 2.24) is 4.90 Å². The summed E-state index contributed by atoms with van der Waals surface area (Å²) in [4.78, 5) is 2.24. The maximum Gasteiger partial charge on any atom is 0.416 e. The molecule has 0 radical (unpaired) electrons. The van der Waals surface area contributed by atoms with Gasteiger partial charge in [-0.15, -0.1) is 0 Å². The number of ether oxygens (including phenoxy) is 2. The highest BCUT2D eigenvalue weighted by Crippen LogP contribution is 2.58. The second-order valence-corrected chi connectivity index (χ2v) is 8.28. The normalized spacial score (nSPS) is 20.9. The molecular weight excluding hydrogens is 395 g/mol. The Bertz CT molecular complexity index is 953. The number of alkyl halides is 3. The smallest absolute Gasteiger partial charge is 0.416 e. The SMILES string of the molecule is COc1cc2c(cc1O)C(C1(c3ccc(C(F)(F)F)cc3OC)CCC1)N(C)CC2. The van der Waals surface area contributed by atoms with E-state index in [-0.39, 0.29) is 23.0 Å². The fourth-order valence-electron chi connectivity index (χ4n) is 5.17. The van der Waals surface area contributed by atoms with Gasteiger partial charge < -0.3 is 14.6 Å². The van der Waals surface area contributed by atoms with Crippen LogP contribution < -0.4 is 9.47 Å². The molecule has 1 aliphatic heterocycles. The van der Waals surface area contributed by atoms with Gasteiger partial charge in [-0.2, -0.15) is 13.2 Å². The van der Waals surface area contributed by atoms with Crippen LogP contribution in [0.1, 0.15) is 47.6 Å². The van der Waals surface area contributed by atoms with Crippen molar-refractivity contribution in [3.05, 3.63) is 52.6 Å². The van der Waals surface area contributed by atoms with Crippen LogP contribution in [-0.4, -0.2) is 37.8 Å². The minimum atomic E-state index is -4.42. The molecule has 7 heteroatoms. The lowest BCUT2D eigenvalue weighted by Crippen LogP contribution is -2.50. The topological polar surface area (TPSA) is 41.9 Å². The van der Waals surface area contributed by atoms with Crippen molar-refractivity contribution in [1.29, 1.82) is 0 Å². The molecule has 1 unspecified atom stereocenters. The Morgan fingerprint density at radius 2 is 1.77 bits per heavy atom. The highest BCUT2D eigenvalue weighted by atomic mass is 19.4. The minimum Gasteiger partial charge on any atom is -0.504 e. The fraction of sp³-hybridized carbons (Fsp3) is 0.478. The van der Waals surface area contributed by atoms with Gasteiger partial charge in [-0.3, -0.25) is 4.90 Å². The number of rotatable bonds is 4. The molecule has 30 heavy (non-hydrogen) atoms. The highest BCUT2D eigenvalue weighted by Gasteiger charge is 2.51.